The monoisotopic (exact) mass is 844 g/mol. The molecule has 2 aliphatic heterocycles. The summed E-state index contributed by atoms with van der Waals surface area (Å²) in [5.41, 5.74) is 8.37. The Labute approximate surface area is 353 Å². The molecule has 2 fully saturated rings. The Bertz CT molecular complexity index is 2300. The lowest BCUT2D eigenvalue weighted by Gasteiger charge is -2.29. The van der Waals surface area contributed by atoms with Gasteiger partial charge >= 0.3 is 6.09 Å². The SMILES string of the molecule is CCC.COC.COC(=O)NC(C(=O)N1CCCC1c1nc2c(-c3csc4c(-c5cccc6[nH]cnc56)csc34)cccc2[nH]1)C(C)C.O=CNCC(=O)N1CCCC1. The van der Waals surface area contributed by atoms with Crippen LogP contribution in [0.1, 0.15) is 71.7 Å². The number of para-hydroxylation sites is 2. The molecule has 59 heavy (non-hydrogen) atoms. The van der Waals surface area contributed by atoms with Crippen LogP contribution < -0.4 is 10.6 Å². The summed E-state index contributed by atoms with van der Waals surface area (Å²) in [6.45, 7) is 10.5. The summed E-state index contributed by atoms with van der Waals surface area (Å²) in [7, 11) is 4.56. The Hall–Kier alpha value is -5.32. The number of H-pyrrole nitrogens is 2. The van der Waals surface area contributed by atoms with E-state index in [1.54, 1.807) is 48.1 Å². The van der Waals surface area contributed by atoms with Crippen LogP contribution in [0.15, 0.2) is 53.5 Å². The number of aromatic nitrogens is 4. The smallest absolute Gasteiger partial charge is 0.407 e. The van der Waals surface area contributed by atoms with Crippen molar-refractivity contribution in [2.45, 2.75) is 71.9 Å². The van der Waals surface area contributed by atoms with Gasteiger partial charge in [-0.15, -0.1) is 22.7 Å². The van der Waals surface area contributed by atoms with Crippen molar-refractivity contribution < 1.29 is 28.7 Å². The van der Waals surface area contributed by atoms with Crippen molar-refractivity contribution in [3.63, 3.8) is 0 Å². The largest absolute Gasteiger partial charge is 0.453 e. The molecule has 2 unspecified atom stereocenters. The van der Waals surface area contributed by atoms with Gasteiger partial charge in [-0.05, 0) is 43.7 Å². The van der Waals surface area contributed by atoms with Crippen LogP contribution in [0.4, 0.5) is 4.79 Å². The fourth-order valence-corrected chi connectivity index (χ4v) is 9.63. The molecule has 0 spiro atoms. The summed E-state index contributed by atoms with van der Waals surface area (Å²) in [6.07, 6.45) is 6.79. The molecule has 0 saturated carbocycles. The number of amides is 4. The number of imidazole rings is 2. The van der Waals surface area contributed by atoms with Gasteiger partial charge in [-0.25, -0.2) is 14.8 Å². The molecule has 4 amide bonds. The Morgan fingerprint density at radius 3 is 2.10 bits per heavy atom. The van der Waals surface area contributed by atoms with E-state index in [2.05, 4.69) is 79.2 Å². The minimum absolute atomic E-state index is 0.0228. The number of alkyl carbamates (subject to hydrolysis) is 1. The van der Waals surface area contributed by atoms with Crippen LogP contribution in [0.3, 0.4) is 0 Å². The van der Waals surface area contributed by atoms with Crippen molar-refractivity contribution in [2.75, 3.05) is 47.5 Å². The lowest BCUT2D eigenvalue weighted by Crippen LogP contribution is -2.51. The molecular formula is C43H56N8O6S2. The Morgan fingerprint density at radius 2 is 1.51 bits per heavy atom. The number of ether oxygens (including phenoxy) is 2. The summed E-state index contributed by atoms with van der Waals surface area (Å²) in [4.78, 5) is 66.6. The number of hydrogen-bond acceptors (Lipinski definition) is 10. The number of nitrogens with zero attached hydrogens (tertiary/aromatic N) is 4. The second-order valence-corrected chi connectivity index (χ2v) is 16.4. The molecule has 6 heterocycles. The fourth-order valence-electron chi connectivity index (χ4n) is 7.20. The first-order valence-corrected chi connectivity index (χ1v) is 21.8. The van der Waals surface area contributed by atoms with Gasteiger partial charge in [0.05, 0.1) is 57.5 Å². The number of methoxy groups -OCH3 is 2. The van der Waals surface area contributed by atoms with Crippen LogP contribution in [0, 0.1) is 5.92 Å². The number of benzene rings is 2. The summed E-state index contributed by atoms with van der Waals surface area (Å²) in [5.74, 6) is 0.593. The number of hydrogen-bond donors (Lipinski definition) is 4. The predicted molar refractivity (Wildman–Crippen MR) is 237 cm³/mol. The van der Waals surface area contributed by atoms with E-state index in [4.69, 9.17) is 9.72 Å². The van der Waals surface area contributed by atoms with E-state index in [0.29, 0.717) is 13.0 Å². The summed E-state index contributed by atoms with van der Waals surface area (Å²) >= 11 is 3.48. The number of nitrogens with one attached hydrogen (secondary N) is 4. The van der Waals surface area contributed by atoms with Crippen molar-refractivity contribution in [3.8, 4) is 22.3 Å². The van der Waals surface area contributed by atoms with Gasteiger partial charge in [0.25, 0.3) is 0 Å². The second kappa shape index (κ2) is 21.6. The van der Waals surface area contributed by atoms with E-state index in [9.17, 15) is 19.2 Å². The van der Waals surface area contributed by atoms with E-state index in [1.807, 2.05) is 30.9 Å². The van der Waals surface area contributed by atoms with E-state index >= 15 is 0 Å². The Morgan fingerprint density at radius 1 is 0.898 bits per heavy atom. The molecule has 0 radical (unpaired) electrons. The standard InChI is InChI=1S/C31H30N6O3S2.C7H12N2O2.C3H8.C2H6O/c1-16(2)24(36-31(39)40-3)30(38)37-12-6-11-23(37)29-34-22-10-5-8-18(26(22)35-29)20-14-42-27-19(13-41-28(20)27)17-7-4-9-21-25(17)33-15-32-21;10-6-8-5-7(11)9-3-1-2-4-9;2*1-3-2/h4-5,7-10,13-16,23-24H,6,11-12H2,1-3H3,(H,32,33)(H,34,35)(H,36,39);6H,1-5H2,(H,8,10);3H2,1-2H3;1-2H3. The van der Waals surface area contributed by atoms with Gasteiger partial charge in [0, 0.05) is 66.9 Å². The number of thiophene rings is 2. The zero-order valence-electron chi connectivity index (χ0n) is 34.9. The van der Waals surface area contributed by atoms with Crippen molar-refractivity contribution in [2.24, 2.45) is 5.92 Å². The van der Waals surface area contributed by atoms with Crippen molar-refractivity contribution in [1.29, 1.82) is 0 Å². The van der Waals surface area contributed by atoms with Gasteiger partial charge in [-0.3, -0.25) is 14.4 Å². The molecule has 2 aliphatic rings. The molecule has 4 aromatic heterocycles. The average molecular weight is 845 g/mol. The van der Waals surface area contributed by atoms with Gasteiger partial charge < -0.3 is 39.9 Å². The van der Waals surface area contributed by atoms with E-state index in [-0.39, 0.29) is 30.3 Å². The Balaban J connectivity index is 0.000000328. The first-order valence-electron chi connectivity index (χ1n) is 20.0. The quantitative estimate of drug-likeness (QED) is 0.106. The molecule has 4 N–H and O–H groups in total. The minimum Gasteiger partial charge on any atom is -0.453 e. The molecule has 8 rings (SSSR count). The molecule has 16 heteroatoms. The van der Waals surface area contributed by atoms with Crippen LogP contribution >= 0.6 is 22.7 Å². The second-order valence-electron chi connectivity index (χ2n) is 14.6. The number of fused-ring (bicyclic) bond motifs is 3. The molecule has 2 saturated heterocycles. The van der Waals surface area contributed by atoms with E-state index < -0.39 is 12.1 Å². The molecule has 14 nitrogen and oxygen atoms in total. The number of aromatic amines is 2. The summed E-state index contributed by atoms with van der Waals surface area (Å²) < 4.78 is 11.5. The maximum atomic E-state index is 13.6. The van der Waals surface area contributed by atoms with Crippen LogP contribution in [-0.2, 0) is 23.9 Å². The normalized spacial score (nSPS) is 15.2. The van der Waals surface area contributed by atoms with Gasteiger partial charge in [0.15, 0.2) is 0 Å². The molecule has 0 aliphatic carbocycles. The van der Waals surface area contributed by atoms with Crippen LogP contribution in [0.25, 0.3) is 53.7 Å². The fraction of sp³-hybridized carbons (Fsp3) is 0.442. The molecule has 0 bridgehead atoms. The lowest BCUT2D eigenvalue weighted by molar-refractivity contribution is -0.135. The predicted octanol–water partition coefficient (Wildman–Crippen LogP) is 8.13. The Kier molecular flexibility index (Phi) is 16.4. The van der Waals surface area contributed by atoms with Crippen LogP contribution in [0.5, 0.6) is 0 Å². The maximum Gasteiger partial charge on any atom is 0.407 e. The highest BCUT2D eigenvalue weighted by atomic mass is 32.1. The third-order valence-electron chi connectivity index (χ3n) is 9.88. The highest BCUT2D eigenvalue weighted by molar-refractivity contribution is 7.27. The third kappa shape index (κ3) is 10.5. The van der Waals surface area contributed by atoms with Gasteiger partial charge in [0.2, 0.25) is 18.2 Å². The van der Waals surface area contributed by atoms with Crippen molar-refractivity contribution >= 4 is 78.5 Å². The van der Waals surface area contributed by atoms with Crippen LogP contribution in [-0.4, -0.2) is 108 Å². The first kappa shape index (κ1) is 44.8. The van der Waals surface area contributed by atoms with E-state index in [1.165, 1.54) is 28.5 Å². The zero-order valence-corrected chi connectivity index (χ0v) is 36.6. The van der Waals surface area contributed by atoms with Crippen LogP contribution in [0.2, 0.25) is 0 Å². The highest BCUT2D eigenvalue weighted by Crippen LogP contribution is 2.46. The number of carbonyl (C=O) groups excluding carboxylic acids is 4. The molecular weight excluding hydrogens is 789 g/mol. The van der Waals surface area contributed by atoms with Gasteiger partial charge in [-0.1, -0.05) is 58.4 Å². The number of likely N-dealkylation sites (tertiary alicyclic amines) is 2. The van der Waals surface area contributed by atoms with Crippen molar-refractivity contribution in [3.05, 3.63) is 59.3 Å². The molecule has 6 aromatic rings. The topological polar surface area (TPSA) is 175 Å². The molecule has 2 aromatic carbocycles. The third-order valence-corrected chi connectivity index (χ3v) is 12.0. The molecule has 316 valence electrons. The van der Waals surface area contributed by atoms with E-state index in [0.717, 1.165) is 83.4 Å². The number of carbonyl (C=O) groups is 4. The zero-order chi connectivity index (χ0) is 42.5. The lowest BCUT2D eigenvalue weighted by atomic mass is 10.0. The number of rotatable bonds is 9. The first-order chi connectivity index (χ1) is 28.6. The maximum absolute atomic E-state index is 13.6. The van der Waals surface area contributed by atoms with Crippen molar-refractivity contribution in [1.82, 2.24) is 40.4 Å². The summed E-state index contributed by atoms with van der Waals surface area (Å²) in [6, 6.07) is 11.6. The average Bonchev–Trinajstić information content (AvgIpc) is 4.09. The van der Waals surface area contributed by atoms with Gasteiger partial charge in [0.1, 0.15) is 11.9 Å². The minimum atomic E-state index is -0.669. The highest BCUT2D eigenvalue weighted by Gasteiger charge is 2.37. The molecule has 2 atom stereocenters. The summed E-state index contributed by atoms with van der Waals surface area (Å²) in [5, 5.41) is 9.51. The van der Waals surface area contributed by atoms with Gasteiger partial charge in [-0.2, -0.15) is 0 Å².